The summed E-state index contributed by atoms with van der Waals surface area (Å²) in [4.78, 5) is 0. The first-order valence-electron chi connectivity index (χ1n) is 9.18. The van der Waals surface area contributed by atoms with Crippen LogP contribution in [0.25, 0.3) is 11.1 Å². The van der Waals surface area contributed by atoms with Crippen LogP contribution in [0, 0.1) is 11.2 Å². The van der Waals surface area contributed by atoms with Gasteiger partial charge in [0.2, 0.25) is 0 Å². The first-order chi connectivity index (χ1) is 13.3. The lowest BCUT2D eigenvalue weighted by Crippen LogP contribution is -2.49. The molecule has 4 nitrogen and oxygen atoms in total. The Morgan fingerprint density at radius 1 is 1.10 bits per heavy atom. The molecule has 4 rings (SSSR count). The van der Waals surface area contributed by atoms with Crippen molar-refractivity contribution in [1.29, 1.82) is 0 Å². The van der Waals surface area contributed by atoms with Crippen LogP contribution in [0.15, 0.2) is 48.5 Å². The van der Waals surface area contributed by atoms with Gasteiger partial charge in [-0.2, -0.15) is 8.78 Å². The Balaban J connectivity index is 0.00000240. The van der Waals surface area contributed by atoms with E-state index in [0.29, 0.717) is 17.7 Å². The van der Waals surface area contributed by atoms with Crippen molar-refractivity contribution in [2.75, 3.05) is 6.54 Å². The summed E-state index contributed by atoms with van der Waals surface area (Å²) in [6.07, 6.45) is 1.74. The van der Waals surface area contributed by atoms with Crippen molar-refractivity contribution in [3.8, 4) is 11.1 Å². The molecule has 1 aliphatic heterocycles. The summed E-state index contributed by atoms with van der Waals surface area (Å²) in [5, 5.41) is 3.22. The highest BCUT2D eigenvalue weighted by Gasteiger charge is 2.57. The molecule has 1 aliphatic carbocycles. The second-order valence-corrected chi connectivity index (χ2v) is 9.28. The lowest BCUT2D eigenvalue weighted by molar-refractivity contribution is 0.229. The third kappa shape index (κ3) is 4.30. The van der Waals surface area contributed by atoms with Crippen LogP contribution in [0.1, 0.15) is 18.4 Å². The highest BCUT2D eigenvalue weighted by atomic mass is 35.5. The fraction of sp³-hybridized carbons (Fsp3) is 0.400. The van der Waals surface area contributed by atoms with Gasteiger partial charge in [-0.05, 0) is 30.4 Å². The molecule has 1 heterocycles. The molecule has 2 aromatic rings. The molecule has 2 aromatic carbocycles. The molecule has 1 saturated heterocycles. The van der Waals surface area contributed by atoms with Gasteiger partial charge in [-0.1, -0.05) is 48.5 Å². The van der Waals surface area contributed by atoms with Gasteiger partial charge in [-0.25, -0.2) is 17.5 Å². The van der Waals surface area contributed by atoms with Crippen LogP contribution in [0.5, 0.6) is 0 Å². The Bertz CT molecular complexity index is 969. The zero-order chi connectivity index (χ0) is 19.9. The van der Waals surface area contributed by atoms with Crippen LogP contribution in [-0.2, 0) is 16.4 Å². The number of hydrogen-bond donors (Lipinski definition) is 2. The summed E-state index contributed by atoms with van der Waals surface area (Å²) in [5.41, 5.74) is 1.29. The molecule has 29 heavy (non-hydrogen) atoms. The quantitative estimate of drug-likeness (QED) is 0.711. The first-order valence-corrected chi connectivity index (χ1v) is 10.7. The maximum atomic E-state index is 15.1. The van der Waals surface area contributed by atoms with E-state index in [1.165, 1.54) is 0 Å². The van der Waals surface area contributed by atoms with Gasteiger partial charge >= 0.3 is 5.76 Å². The number of benzene rings is 2. The zero-order valence-electron chi connectivity index (χ0n) is 15.4. The SMILES string of the molecule is Cl.O=S(=O)(N[C@@H]1[C@H](Cc2cccc(-c3ccccc3)c2F)NCC12CC2)C(F)F. The number of halogens is 4. The van der Waals surface area contributed by atoms with Gasteiger partial charge in [0, 0.05) is 29.6 Å². The summed E-state index contributed by atoms with van der Waals surface area (Å²) in [6, 6.07) is 13.1. The molecule has 1 spiro atoms. The molecule has 0 amide bonds. The van der Waals surface area contributed by atoms with Gasteiger partial charge in [-0.15, -0.1) is 12.4 Å². The summed E-state index contributed by atoms with van der Waals surface area (Å²) >= 11 is 0. The maximum Gasteiger partial charge on any atom is 0.350 e. The average Bonchev–Trinajstić information content (AvgIpc) is 3.39. The largest absolute Gasteiger partial charge is 0.350 e. The Morgan fingerprint density at radius 3 is 2.41 bits per heavy atom. The molecule has 2 N–H and O–H groups in total. The topological polar surface area (TPSA) is 58.2 Å². The van der Waals surface area contributed by atoms with E-state index in [9.17, 15) is 17.2 Å². The van der Waals surface area contributed by atoms with Crippen LogP contribution in [0.4, 0.5) is 13.2 Å². The van der Waals surface area contributed by atoms with Gasteiger partial charge in [0.25, 0.3) is 10.0 Å². The number of hydrogen-bond acceptors (Lipinski definition) is 3. The molecule has 0 unspecified atom stereocenters. The monoisotopic (exact) mass is 446 g/mol. The van der Waals surface area contributed by atoms with Gasteiger partial charge in [-0.3, -0.25) is 0 Å². The van der Waals surface area contributed by atoms with Crippen LogP contribution >= 0.6 is 12.4 Å². The van der Waals surface area contributed by atoms with Crippen LogP contribution in [0.2, 0.25) is 0 Å². The highest BCUT2D eigenvalue weighted by Crippen LogP contribution is 2.52. The maximum absolute atomic E-state index is 15.1. The molecular formula is C20H22ClF3N2O2S. The van der Waals surface area contributed by atoms with Crippen molar-refractivity contribution in [2.24, 2.45) is 5.41 Å². The van der Waals surface area contributed by atoms with E-state index in [1.54, 1.807) is 18.2 Å². The van der Waals surface area contributed by atoms with Crippen molar-refractivity contribution in [3.05, 3.63) is 59.9 Å². The van der Waals surface area contributed by atoms with Gasteiger partial charge in [0.15, 0.2) is 0 Å². The molecule has 2 atom stereocenters. The predicted molar refractivity (Wildman–Crippen MR) is 108 cm³/mol. The molecule has 2 fully saturated rings. The van der Waals surface area contributed by atoms with Gasteiger partial charge < -0.3 is 5.32 Å². The van der Waals surface area contributed by atoms with Crippen LogP contribution in [0.3, 0.4) is 0 Å². The standard InChI is InChI=1S/C20H21F3N2O2S.ClH/c21-17-14(7-4-8-15(17)13-5-2-1-3-6-13)11-16-18(20(9-10-20)12-24-16)25-28(26,27)19(22)23;/h1-8,16,18-19,24-25H,9-12H2;1H/t16-,18+;/m0./s1. The zero-order valence-corrected chi connectivity index (χ0v) is 17.1. The lowest BCUT2D eigenvalue weighted by Gasteiger charge is -2.25. The van der Waals surface area contributed by atoms with Crippen molar-refractivity contribution < 1.29 is 21.6 Å². The molecule has 9 heteroatoms. The van der Waals surface area contributed by atoms with Gasteiger partial charge in [0.1, 0.15) is 5.82 Å². The number of sulfonamides is 1. The Hall–Kier alpha value is -1.61. The van der Waals surface area contributed by atoms with Crippen molar-refractivity contribution >= 4 is 22.4 Å². The first kappa shape index (κ1) is 22.1. The van der Waals surface area contributed by atoms with E-state index in [0.717, 1.165) is 18.4 Å². The molecule has 158 valence electrons. The fourth-order valence-electron chi connectivity index (χ4n) is 4.08. The van der Waals surface area contributed by atoms with Gasteiger partial charge in [0.05, 0.1) is 0 Å². The fourth-order valence-corrected chi connectivity index (χ4v) is 4.95. The molecule has 0 bridgehead atoms. The molecule has 2 aliphatic rings. The van der Waals surface area contributed by atoms with Crippen LogP contribution < -0.4 is 10.0 Å². The van der Waals surface area contributed by atoms with E-state index < -0.39 is 27.9 Å². The average molecular weight is 447 g/mol. The Kier molecular flexibility index (Phi) is 6.29. The highest BCUT2D eigenvalue weighted by molar-refractivity contribution is 7.89. The molecular weight excluding hydrogens is 425 g/mol. The van der Waals surface area contributed by atoms with E-state index in [1.807, 2.05) is 30.3 Å². The summed E-state index contributed by atoms with van der Waals surface area (Å²) in [6.45, 7) is 0.536. The van der Waals surface area contributed by atoms with Crippen molar-refractivity contribution in [2.45, 2.75) is 37.1 Å². The van der Waals surface area contributed by atoms with E-state index in [-0.39, 0.29) is 30.1 Å². The third-order valence-corrected chi connectivity index (χ3v) is 6.85. The Morgan fingerprint density at radius 2 is 1.79 bits per heavy atom. The predicted octanol–water partition coefficient (Wildman–Crippen LogP) is 3.72. The van der Waals surface area contributed by atoms with Crippen LogP contribution in [-0.4, -0.2) is 32.8 Å². The molecule has 1 saturated carbocycles. The van der Waals surface area contributed by atoms with Crippen molar-refractivity contribution in [1.82, 2.24) is 10.0 Å². The molecule has 0 radical (unpaired) electrons. The minimum atomic E-state index is -4.72. The third-order valence-electron chi connectivity index (χ3n) is 5.80. The summed E-state index contributed by atoms with van der Waals surface area (Å²) < 4.78 is 66.5. The minimum absolute atomic E-state index is 0. The van der Waals surface area contributed by atoms with E-state index in [4.69, 9.17) is 0 Å². The smallest absolute Gasteiger partial charge is 0.311 e. The summed E-state index contributed by atoms with van der Waals surface area (Å²) in [7, 11) is -4.72. The van der Waals surface area contributed by atoms with E-state index >= 15 is 4.39 Å². The molecule has 0 aromatic heterocycles. The second kappa shape index (κ2) is 8.26. The number of rotatable bonds is 6. The second-order valence-electron chi connectivity index (χ2n) is 7.60. The minimum Gasteiger partial charge on any atom is -0.311 e. The summed E-state index contributed by atoms with van der Waals surface area (Å²) in [5.74, 6) is -3.86. The van der Waals surface area contributed by atoms with E-state index in [2.05, 4.69) is 10.0 Å². The van der Waals surface area contributed by atoms with Crippen molar-refractivity contribution in [3.63, 3.8) is 0 Å². The lowest BCUT2D eigenvalue weighted by atomic mass is 9.91. The number of nitrogens with one attached hydrogen (secondary N) is 2. The Labute approximate surface area is 174 Å². The number of alkyl halides is 2. The normalized spacial score (nSPS) is 22.6.